The summed E-state index contributed by atoms with van der Waals surface area (Å²) >= 11 is 0. The number of hydrogen-bond acceptors (Lipinski definition) is 2. The van der Waals surface area contributed by atoms with Gasteiger partial charge in [0.1, 0.15) is 0 Å². The average Bonchev–Trinajstić information content (AvgIpc) is 2.37. The second-order valence-corrected chi connectivity index (χ2v) is 4.54. The van der Waals surface area contributed by atoms with Gasteiger partial charge in [0.2, 0.25) is 0 Å². The van der Waals surface area contributed by atoms with E-state index in [1.165, 1.54) is 6.07 Å². The molecule has 108 valence electrons. The molecule has 1 rings (SSSR count). The smallest absolute Gasteiger partial charge is 0.371 e. The Balaban J connectivity index is 3.23. The van der Waals surface area contributed by atoms with E-state index in [-0.39, 0.29) is 12.2 Å². The second-order valence-electron chi connectivity index (χ2n) is 4.54. The van der Waals surface area contributed by atoms with Gasteiger partial charge in [0.15, 0.2) is 0 Å². The second kappa shape index (κ2) is 6.80. The molecule has 0 fully saturated rings. The van der Waals surface area contributed by atoms with E-state index in [1.807, 2.05) is 13.8 Å². The number of alkyl halides is 3. The van der Waals surface area contributed by atoms with Crippen LogP contribution in [0.25, 0.3) is 0 Å². The van der Waals surface area contributed by atoms with Crippen LogP contribution in [0.1, 0.15) is 37.8 Å². The van der Waals surface area contributed by atoms with Gasteiger partial charge in [-0.2, -0.15) is 13.2 Å². The fraction of sp³-hybridized carbons (Fsp3) is 0.571. The van der Waals surface area contributed by atoms with Crippen molar-refractivity contribution in [3.05, 3.63) is 29.3 Å². The van der Waals surface area contributed by atoms with Gasteiger partial charge in [0.25, 0.3) is 0 Å². The molecule has 1 aromatic rings. The Morgan fingerprint density at radius 3 is 2.11 bits per heavy atom. The van der Waals surface area contributed by atoms with Crippen LogP contribution in [-0.2, 0) is 12.7 Å². The van der Waals surface area contributed by atoms with Gasteiger partial charge in [0.05, 0.1) is 5.56 Å². The van der Waals surface area contributed by atoms with Crippen molar-refractivity contribution in [1.82, 2.24) is 0 Å². The Bertz CT molecular complexity index is 396. The van der Waals surface area contributed by atoms with Gasteiger partial charge in [-0.05, 0) is 30.5 Å². The minimum atomic E-state index is -4.35. The Morgan fingerprint density at radius 1 is 1.11 bits per heavy atom. The molecule has 0 aliphatic rings. The molecule has 0 saturated carbocycles. The van der Waals surface area contributed by atoms with Crippen molar-refractivity contribution in [2.75, 3.05) is 18.0 Å². The minimum Gasteiger partial charge on any atom is -0.371 e. The zero-order chi connectivity index (χ0) is 14.5. The highest BCUT2D eigenvalue weighted by Crippen LogP contribution is 2.37. The number of anilines is 1. The molecule has 0 amide bonds. The van der Waals surface area contributed by atoms with Gasteiger partial charge in [-0.3, -0.25) is 0 Å². The number of benzene rings is 1. The van der Waals surface area contributed by atoms with Crippen LogP contribution in [0.3, 0.4) is 0 Å². The first kappa shape index (κ1) is 15.8. The lowest BCUT2D eigenvalue weighted by Gasteiger charge is -2.27. The molecule has 0 bridgehead atoms. The Labute approximate surface area is 112 Å². The van der Waals surface area contributed by atoms with Gasteiger partial charge in [-0.1, -0.05) is 19.9 Å². The topological polar surface area (TPSA) is 29.3 Å². The third kappa shape index (κ3) is 4.13. The molecule has 0 aliphatic heterocycles. The summed E-state index contributed by atoms with van der Waals surface area (Å²) in [5.41, 5.74) is 5.60. The number of hydrogen-bond donors (Lipinski definition) is 1. The molecule has 2 nitrogen and oxygen atoms in total. The summed E-state index contributed by atoms with van der Waals surface area (Å²) in [7, 11) is 0. The van der Waals surface area contributed by atoms with Crippen LogP contribution in [0.2, 0.25) is 0 Å². The highest BCUT2D eigenvalue weighted by atomic mass is 19.4. The van der Waals surface area contributed by atoms with Crippen LogP contribution in [0.15, 0.2) is 18.2 Å². The molecule has 19 heavy (non-hydrogen) atoms. The molecule has 0 aromatic heterocycles. The van der Waals surface area contributed by atoms with Crippen molar-refractivity contribution in [2.45, 2.75) is 39.4 Å². The van der Waals surface area contributed by atoms with E-state index in [1.54, 1.807) is 11.0 Å². The molecule has 0 unspecified atom stereocenters. The van der Waals surface area contributed by atoms with E-state index in [4.69, 9.17) is 5.73 Å². The van der Waals surface area contributed by atoms with Crippen molar-refractivity contribution < 1.29 is 13.2 Å². The molecule has 0 aliphatic carbocycles. The number of nitrogens with zero attached hydrogens (tertiary/aromatic N) is 1. The van der Waals surface area contributed by atoms with Gasteiger partial charge in [-0.25, -0.2) is 0 Å². The van der Waals surface area contributed by atoms with E-state index in [9.17, 15) is 13.2 Å². The van der Waals surface area contributed by atoms with Crippen LogP contribution >= 0.6 is 0 Å². The molecule has 0 spiro atoms. The standard InChI is InChI=1S/C14H21F3N2/c1-3-7-19(8-4-2)13-6-5-11(10-18)9-12(13)14(15,16)17/h5-6,9H,3-4,7-8,10,18H2,1-2H3. The van der Waals surface area contributed by atoms with Crippen LogP contribution in [0, 0.1) is 0 Å². The van der Waals surface area contributed by atoms with Crippen LogP contribution in [0.4, 0.5) is 18.9 Å². The molecular formula is C14H21F3N2. The molecule has 2 N–H and O–H groups in total. The monoisotopic (exact) mass is 274 g/mol. The lowest BCUT2D eigenvalue weighted by molar-refractivity contribution is -0.137. The van der Waals surface area contributed by atoms with Gasteiger partial charge < -0.3 is 10.6 Å². The third-order valence-electron chi connectivity index (χ3n) is 2.93. The summed E-state index contributed by atoms with van der Waals surface area (Å²) in [5, 5.41) is 0. The minimum absolute atomic E-state index is 0.116. The first-order valence-corrected chi connectivity index (χ1v) is 6.59. The van der Waals surface area contributed by atoms with Crippen LogP contribution in [-0.4, -0.2) is 13.1 Å². The van der Waals surface area contributed by atoms with E-state index in [0.717, 1.165) is 18.9 Å². The molecule has 0 saturated heterocycles. The SMILES string of the molecule is CCCN(CCC)c1ccc(CN)cc1C(F)(F)F. The van der Waals surface area contributed by atoms with Gasteiger partial charge in [-0.15, -0.1) is 0 Å². The summed E-state index contributed by atoms with van der Waals surface area (Å²) in [6.45, 7) is 5.29. The van der Waals surface area contributed by atoms with E-state index >= 15 is 0 Å². The average molecular weight is 274 g/mol. The van der Waals surface area contributed by atoms with Crippen LogP contribution < -0.4 is 10.6 Å². The molecular weight excluding hydrogens is 253 g/mol. The van der Waals surface area contributed by atoms with Gasteiger partial charge >= 0.3 is 6.18 Å². The van der Waals surface area contributed by atoms with Crippen molar-refractivity contribution in [3.8, 4) is 0 Å². The maximum Gasteiger partial charge on any atom is 0.418 e. The largest absolute Gasteiger partial charge is 0.418 e. The highest BCUT2D eigenvalue weighted by molar-refractivity contribution is 5.56. The summed E-state index contributed by atoms with van der Waals surface area (Å²) in [6, 6.07) is 4.37. The Kier molecular flexibility index (Phi) is 5.66. The maximum absolute atomic E-state index is 13.1. The van der Waals surface area contributed by atoms with Crippen molar-refractivity contribution in [1.29, 1.82) is 0 Å². The zero-order valence-electron chi connectivity index (χ0n) is 11.4. The quantitative estimate of drug-likeness (QED) is 0.855. The Hall–Kier alpha value is -1.23. The lowest BCUT2D eigenvalue weighted by atomic mass is 10.1. The number of rotatable bonds is 6. The van der Waals surface area contributed by atoms with E-state index in [0.29, 0.717) is 18.7 Å². The van der Waals surface area contributed by atoms with Crippen molar-refractivity contribution in [2.24, 2.45) is 5.73 Å². The zero-order valence-corrected chi connectivity index (χ0v) is 11.4. The Morgan fingerprint density at radius 2 is 1.68 bits per heavy atom. The fourth-order valence-corrected chi connectivity index (χ4v) is 2.11. The molecule has 0 heterocycles. The van der Waals surface area contributed by atoms with E-state index in [2.05, 4.69) is 0 Å². The van der Waals surface area contributed by atoms with Gasteiger partial charge in [0, 0.05) is 25.3 Å². The molecule has 0 radical (unpaired) electrons. The van der Waals surface area contributed by atoms with Crippen molar-refractivity contribution >= 4 is 5.69 Å². The summed E-state index contributed by atoms with van der Waals surface area (Å²) in [6.07, 6.45) is -2.72. The fourth-order valence-electron chi connectivity index (χ4n) is 2.11. The molecule has 5 heteroatoms. The molecule has 1 aromatic carbocycles. The lowest BCUT2D eigenvalue weighted by Crippen LogP contribution is -2.27. The van der Waals surface area contributed by atoms with Crippen LogP contribution in [0.5, 0.6) is 0 Å². The maximum atomic E-state index is 13.1. The summed E-state index contributed by atoms with van der Waals surface area (Å²) < 4.78 is 39.4. The van der Waals surface area contributed by atoms with E-state index < -0.39 is 11.7 Å². The number of halogens is 3. The predicted molar refractivity (Wildman–Crippen MR) is 72.1 cm³/mol. The summed E-state index contributed by atoms with van der Waals surface area (Å²) in [4.78, 5) is 1.79. The highest BCUT2D eigenvalue weighted by Gasteiger charge is 2.34. The van der Waals surface area contributed by atoms with Crippen molar-refractivity contribution in [3.63, 3.8) is 0 Å². The third-order valence-corrected chi connectivity index (χ3v) is 2.93. The predicted octanol–water partition coefficient (Wildman–Crippen LogP) is 3.79. The molecule has 0 atom stereocenters. The normalized spacial score (nSPS) is 11.7. The first-order chi connectivity index (χ1) is 8.93. The number of nitrogens with two attached hydrogens (primary N) is 1. The first-order valence-electron chi connectivity index (χ1n) is 6.59. The summed E-state index contributed by atoms with van der Waals surface area (Å²) in [5.74, 6) is 0.